The third-order valence-electron chi connectivity index (χ3n) is 8.67. The monoisotopic (exact) mass is 603 g/mol. The maximum atomic E-state index is 13.0. The van der Waals surface area contributed by atoms with E-state index in [-0.39, 0.29) is 0 Å². The molecule has 2 saturated heterocycles. The number of nitrogens with one attached hydrogen (secondary N) is 3. The third-order valence-corrected chi connectivity index (χ3v) is 10.2. The number of aromatic nitrogens is 3. The number of hydrogen-bond acceptors (Lipinski definition) is 10. The van der Waals surface area contributed by atoms with Crippen LogP contribution < -0.4 is 30.3 Å². The van der Waals surface area contributed by atoms with Crippen molar-refractivity contribution in [3.63, 3.8) is 0 Å². The molecule has 226 valence electrons. The number of fused-ring (bicyclic) bond motifs is 4. The Balaban J connectivity index is 1.16. The Kier molecular flexibility index (Phi) is 7.41. The number of benzene rings is 2. The Labute approximate surface area is 251 Å². The molecule has 0 spiro atoms. The lowest BCUT2D eigenvalue weighted by molar-refractivity contribution is 0.00628. The molecular formula is C31H38N7O4P. The smallest absolute Gasteiger partial charge is 0.231 e. The number of hydrogen-bond donors (Lipinski definition) is 3. The third kappa shape index (κ3) is 5.53. The van der Waals surface area contributed by atoms with Crippen LogP contribution >= 0.6 is 7.14 Å². The van der Waals surface area contributed by atoms with Crippen LogP contribution in [-0.2, 0) is 9.30 Å². The predicted octanol–water partition coefficient (Wildman–Crippen LogP) is 4.76. The van der Waals surface area contributed by atoms with Gasteiger partial charge in [0.05, 0.1) is 48.8 Å². The quantitative estimate of drug-likeness (QED) is 0.255. The fourth-order valence-electron chi connectivity index (χ4n) is 6.51. The van der Waals surface area contributed by atoms with E-state index in [9.17, 15) is 4.57 Å². The number of nitrogens with zero attached hydrogens (tertiary/aromatic N) is 4. The van der Waals surface area contributed by atoms with Gasteiger partial charge in [-0.1, -0.05) is 12.1 Å². The van der Waals surface area contributed by atoms with E-state index in [2.05, 4.69) is 31.5 Å². The van der Waals surface area contributed by atoms with Crippen LogP contribution in [0.15, 0.2) is 48.7 Å². The van der Waals surface area contributed by atoms with Gasteiger partial charge >= 0.3 is 0 Å². The minimum Gasteiger partial charge on any atom is -0.494 e. The zero-order valence-corrected chi connectivity index (χ0v) is 25.7. The van der Waals surface area contributed by atoms with Crippen LogP contribution in [0.5, 0.6) is 11.5 Å². The molecule has 0 bridgehead atoms. The average Bonchev–Trinajstić information content (AvgIpc) is 3.50. The number of rotatable bonds is 7. The van der Waals surface area contributed by atoms with Gasteiger partial charge in [-0.2, -0.15) is 9.97 Å². The lowest BCUT2D eigenvalue weighted by atomic mass is 9.94. The fraction of sp³-hybridized carbons (Fsp3) is 0.419. The summed E-state index contributed by atoms with van der Waals surface area (Å²) in [5.41, 5.74) is 3.21. The lowest BCUT2D eigenvalue weighted by Crippen LogP contribution is -2.55. The predicted molar refractivity (Wildman–Crippen MR) is 171 cm³/mol. The van der Waals surface area contributed by atoms with Crippen LogP contribution in [-0.4, -0.2) is 91.8 Å². The molecule has 0 radical (unpaired) electrons. The number of methoxy groups -OCH3 is 1. The highest BCUT2D eigenvalue weighted by Gasteiger charge is 2.37. The summed E-state index contributed by atoms with van der Waals surface area (Å²) in [6, 6.07) is 14.5. The van der Waals surface area contributed by atoms with Crippen molar-refractivity contribution >= 4 is 52.3 Å². The molecule has 5 heterocycles. The first-order valence-electron chi connectivity index (χ1n) is 14.8. The first-order chi connectivity index (χ1) is 20.9. The Bertz CT molecular complexity index is 1680. The molecule has 3 aliphatic heterocycles. The number of aromatic amines is 1. The molecule has 2 aromatic carbocycles. The Hall–Kier alpha value is -3.79. The zero-order chi connectivity index (χ0) is 29.6. The van der Waals surface area contributed by atoms with E-state index in [0.717, 1.165) is 73.5 Å². The maximum absolute atomic E-state index is 13.0. The lowest BCUT2D eigenvalue weighted by Gasteiger charge is -2.47. The van der Waals surface area contributed by atoms with Gasteiger partial charge in [0.1, 0.15) is 36.7 Å². The van der Waals surface area contributed by atoms with E-state index in [1.807, 2.05) is 42.6 Å². The van der Waals surface area contributed by atoms with E-state index in [0.29, 0.717) is 47.5 Å². The molecule has 3 N–H and O–H groups in total. The minimum absolute atomic E-state index is 0.328. The number of anilines is 5. The summed E-state index contributed by atoms with van der Waals surface area (Å²) in [5.74, 6) is 2.50. The van der Waals surface area contributed by atoms with Gasteiger partial charge in [0, 0.05) is 49.3 Å². The van der Waals surface area contributed by atoms with Crippen molar-refractivity contribution in [2.45, 2.75) is 24.9 Å². The van der Waals surface area contributed by atoms with Crippen LogP contribution in [0.4, 0.5) is 28.8 Å². The maximum Gasteiger partial charge on any atom is 0.231 e. The normalized spacial score (nSPS) is 20.7. The van der Waals surface area contributed by atoms with E-state index in [1.165, 1.54) is 0 Å². The van der Waals surface area contributed by atoms with Crippen LogP contribution in [0.25, 0.3) is 11.0 Å². The summed E-state index contributed by atoms with van der Waals surface area (Å²) in [4.78, 5) is 17.8. The highest BCUT2D eigenvalue weighted by Crippen LogP contribution is 2.45. The second-order valence-electron chi connectivity index (χ2n) is 11.8. The summed E-state index contributed by atoms with van der Waals surface area (Å²) in [7, 11) is -0.848. The SMILES string of the molecule is COc1cc2c(cc1Nc1nc(Nc3ccccc3P(C)(C)=O)c3cc[nH]c3n1)OC[C@H]1C[C@H](N3CCOCC3)CCN21. The van der Waals surface area contributed by atoms with Gasteiger partial charge in [0.2, 0.25) is 5.95 Å². The van der Waals surface area contributed by atoms with Gasteiger partial charge in [0.25, 0.3) is 0 Å². The molecule has 4 aromatic rings. The molecule has 2 atom stereocenters. The van der Waals surface area contributed by atoms with E-state index >= 15 is 0 Å². The van der Waals surface area contributed by atoms with Crippen molar-refractivity contribution in [1.82, 2.24) is 19.9 Å². The molecule has 12 heteroatoms. The van der Waals surface area contributed by atoms with Gasteiger partial charge in [-0.3, -0.25) is 4.90 Å². The van der Waals surface area contributed by atoms with E-state index < -0.39 is 7.14 Å². The molecule has 11 nitrogen and oxygen atoms in total. The number of H-pyrrole nitrogens is 1. The molecule has 43 heavy (non-hydrogen) atoms. The molecule has 0 saturated carbocycles. The van der Waals surface area contributed by atoms with Crippen molar-refractivity contribution in [3.05, 3.63) is 48.7 Å². The van der Waals surface area contributed by atoms with Crippen molar-refractivity contribution in [1.29, 1.82) is 0 Å². The summed E-state index contributed by atoms with van der Waals surface area (Å²) in [6.45, 7) is 8.83. The van der Waals surface area contributed by atoms with Crippen LogP contribution in [0, 0.1) is 0 Å². The number of ether oxygens (including phenoxy) is 3. The first-order valence-corrected chi connectivity index (χ1v) is 17.4. The van der Waals surface area contributed by atoms with Gasteiger partial charge in [-0.25, -0.2) is 0 Å². The minimum atomic E-state index is -2.52. The summed E-state index contributed by atoms with van der Waals surface area (Å²) >= 11 is 0. The van der Waals surface area contributed by atoms with Crippen molar-refractivity contribution in [3.8, 4) is 11.5 Å². The molecular weight excluding hydrogens is 565 g/mol. The molecule has 2 fully saturated rings. The fourth-order valence-corrected chi connectivity index (χ4v) is 7.67. The second kappa shape index (κ2) is 11.4. The zero-order valence-electron chi connectivity index (χ0n) is 24.8. The van der Waals surface area contributed by atoms with Crippen molar-refractivity contribution in [2.24, 2.45) is 0 Å². The molecule has 2 aromatic heterocycles. The average molecular weight is 604 g/mol. The van der Waals surface area contributed by atoms with Crippen LogP contribution in [0.2, 0.25) is 0 Å². The Morgan fingerprint density at radius 2 is 1.86 bits per heavy atom. The standard InChI is InChI=1S/C31H38N7O4P/c1-40-26-18-25-27(42-19-21-16-20(9-11-38(21)25)37-12-14-41-15-13-37)17-24(26)34-31-35-29-22(8-10-32-29)30(36-31)33-23-6-4-5-7-28(23)43(2,3)39/h4-8,10,17-18,20-21H,9,11-16,19H2,1-3H3,(H3,32,33,34,35,36)/t20-,21-/m1/s1. The molecule has 3 aliphatic rings. The Morgan fingerprint density at radius 1 is 1.02 bits per heavy atom. The van der Waals surface area contributed by atoms with E-state index in [4.69, 9.17) is 24.2 Å². The van der Waals surface area contributed by atoms with Gasteiger partial charge in [-0.05, 0) is 44.4 Å². The topological polar surface area (TPSA) is 117 Å². The van der Waals surface area contributed by atoms with Gasteiger partial charge in [0.15, 0.2) is 0 Å². The summed E-state index contributed by atoms with van der Waals surface area (Å²) in [5, 5.41) is 8.38. The number of piperidine rings is 1. The van der Waals surface area contributed by atoms with Crippen molar-refractivity contribution < 1.29 is 18.8 Å². The number of para-hydroxylation sites is 1. The molecule has 0 unspecified atom stereocenters. The number of morpholine rings is 1. The second-order valence-corrected chi connectivity index (χ2v) is 14.9. The molecule has 0 amide bonds. The van der Waals surface area contributed by atoms with Crippen LogP contribution in [0.3, 0.4) is 0 Å². The van der Waals surface area contributed by atoms with Gasteiger partial charge < -0.3 is 39.3 Å². The summed E-state index contributed by atoms with van der Waals surface area (Å²) < 4.78 is 30.8. The van der Waals surface area contributed by atoms with E-state index in [1.54, 1.807) is 20.4 Å². The largest absolute Gasteiger partial charge is 0.494 e. The van der Waals surface area contributed by atoms with Crippen molar-refractivity contribution in [2.75, 3.05) is 75.4 Å². The Morgan fingerprint density at radius 3 is 2.67 bits per heavy atom. The highest BCUT2D eigenvalue weighted by molar-refractivity contribution is 7.70. The summed E-state index contributed by atoms with van der Waals surface area (Å²) in [6.07, 6.45) is 4.03. The first kappa shape index (κ1) is 28.0. The van der Waals surface area contributed by atoms with Crippen LogP contribution in [0.1, 0.15) is 12.8 Å². The highest BCUT2D eigenvalue weighted by atomic mass is 31.2. The molecule has 0 aliphatic carbocycles. The molecule has 7 rings (SSSR count). The van der Waals surface area contributed by atoms with Gasteiger partial charge in [-0.15, -0.1) is 0 Å².